The van der Waals surface area contributed by atoms with E-state index in [1.54, 1.807) is 0 Å². The summed E-state index contributed by atoms with van der Waals surface area (Å²) in [7, 11) is 0. The molecule has 1 aromatic carbocycles. The Balaban J connectivity index is 2.34. The molecular formula is C15H25NO. The quantitative estimate of drug-likeness (QED) is 0.675. The Kier molecular flexibility index (Phi) is 6.71. The van der Waals surface area contributed by atoms with Crippen molar-refractivity contribution in [2.75, 3.05) is 11.9 Å². The molecule has 1 rings (SSSR count). The molecule has 96 valence electrons. The first-order valence-corrected chi connectivity index (χ1v) is 6.72. The molecule has 0 bridgehead atoms. The van der Waals surface area contributed by atoms with Gasteiger partial charge in [-0.25, -0.2) is 0 Å². The van der Waals surface area contributed by atoms with Crippen molar-refractivity contribution in [1.29, 1.82) is 0 Å². The average Bonchev–Trinajstić information content (AvgIpc) is 2.32. The van der Waals surface area contributed by atoms with E-state index in [0.29, 0.717) is 6.04 Å². The zero-order valence-electron chi connectivity index (χ0n) is 11.1. The number of hydrogen-bond acceptors (Lipinski definition) is 2. The van der Waals surface area contributed by atoms with Crippen molar-refractivity contribution >= 4 is 5.69 Å². The highest BCUT2D eigenvalue weighted by molar-refractivity contribution is 5.45. The maximum Gasteiger partial charge on any atom is 0.0471 e. The summed E-state index contributed by atoms with van der Waals surface area (Å²) in [5.74, 6) is 0. The molecule has 0 amide bonds. The summed E-state index contributed by atoms with van der Waals surface area (Å²) in [5, 5.41) is 12.3. The van der Waals surface area contributed by atoms with Crippen LogP contribution in [0.15, 0.2) is 24.3 Å². The second-order valence-corrected chi connectivity index (χ2v) is 4.71. The van der Waals surface area contributed by atoms with Gasteiger partial charge in [0.05, 0.1) is 0 Å². The van der Waals surface area contributed by atoms with E-state index >= 15 is 0 Å². The SMILES string of the molecule is CCCCCC(C)Nc1ccc(CCO)cc1. The fraction of sp³-hybridized carbons (Fsp3) is 0.600. The predicted octanol–water partition coefficient (Wildman–Crippen LogP) is 3.60. The standard InChI is InChI=1S/C15H25NO/c1-3-4-5-6-13(2)16-15-9-7-14(8-10-15)11-12-17/h7-10,13,16-17H,3-6,11-12H2,1-2H3. The smallest absolute Gasteiger partial charge is 0.0471 e. The topological polar surface area (TPSA) is 32.3 Å². The van der Waals surface area contributed by atoms with Crippen LogP contribution in [0, 0.1) is 0 Å². The minimum atomic E-state index is 0.222. The van der Waals surface area contributed by atoms with Crippen molar-refractivity contribution in [3.63, 3.8) is 0 Å². The van der Waals surface area contributed by atoms with Crippen LogP contribution in [-0.2, 0) is 6.42 Å². The molecule has 0 aromatic heterocycles. The summed E-state index contributed by atoms with van der Waals surface area (Å²) in [6.45, 7) is 4.69. The van der Waals surface area contributed by atoms with Crippen molar-refractivity contribution in [3.05, 3.63) is 29.8 Å². The molecule has 0 heterocycles. The van der Waals surface area contributed by atoms with Crippen molar-refractivity contribution in [2.45, 2.75) is 52.0 Å². The third kappa shape index (κ3) is 5.73. The van der Waals surface area contributed by atoms with Gasteiger partial charge in [-0.1, -0.05) is 38.3 Å². The molecule has 0 aliphatic heterocycles. The summed E-state index contributed by atoms with van der Waals surface area (Å²) >= 11 is 0. The molecule has 0 radical (unpaired) electrons. The molecular weight excluding hydrogens is 210 g/mol. The van der Waals surface area contributed by atoms with Gasteiger partial charge in [-0.15, -0.1) is 0 Å². The first-order valence-electron chi connectivity index (χ1n) is 6.72. The molecule has 1 atom stereocenters. The van der Waals surface area contributed by atoms with Crippen LogP contribution < -0.4 is 5.32 Å². The molecule has 1 unspecified atom stereocenters. The fourth-order valence-electron chi connectivity index (χ4n) is 1.95. The van der Waals surface area contributed by atoms with Gasteiger partial charge in [0, 0.05) is 18.3 Å². The average molecular weight is 235 g/mol. The molecule has 0 aliphatic carbocycles. The van der Waals surface area contributed by atoms with Gasteiger partial charge in [0.2, 0.25) is 0 Å². The van der Waals surface area contributed by atoms with Gasteiger partial charge < -0.3 is 10.4 Å². The van der Waals surface area contributed by atoms with Crippen LogP contribution in [0.25, 0.3) is 0 Å². The number of unbranched alkanes of at least 4 members (excludes halogenated alkanes) is 2. The van der Waals surface area contributed by atoms with E-state index in [0.717, 1.165) is 6.42 Å². The zero-order valence-corrected chi connectivity index (χ0v) is 11.1. The van der Waals surface area contributed by atoms with Gasteiger partial charge >= 0.3 is 0 Å². The number of hydrogen-bond donors (Lipinski definition) is 2. The summed E-state index contributed by atoms with van der Waals surface area (Å²) in [4.78, 5) is 0. The first-order chi connectivity index (χ1) is 8.26. The third-order valence-electron chi connectivity index (χ3n) is 3.01. The van der Waals surface area contributed by atoms with Crippen LogP contribution in [0.5, 0.6) is 0 Å². The monoisotopic (exact) mass is 235 g/mol. The van der Waals surface area contributed by atoms with Gasteiger partial charge in [-0.2, -0.15) is 0 Å². The summed E-state index contributed by atoms with van der Waals surface area (Å²) in [6.07, 6.45) is 5.87. The lowest BCUT2D eigenvalue weighted by atomic mass is 10.1. The molecule has 0 saturated heterocycles. The highest BCUT2D eigenvalue weighted by Crippen LogP contribution is 2.13. The molecule has 1 aromatic rings. The lowest BCUT2D eigenvalue weighted by Crippen LogP contribution is -2.14. The van der Waals surface area contributed by atoms with E-state index in [4.69, 9.17) is 5.11 Å². The molecule has 2 N–H and O–H groups in total. The van der Waals surface area contributed by atoms with Crippen molar-refractivity contribution in [1.82, 2.24) is 0 Å². The Morgan fingerprint density at radius 3 is 2.47 bits per heavy atom. The van der Waals surface area contributed by atoms with E-state index in [1.165, 1.54) is 36.9 Å². The Bertz CT molecular complexity index is 294. The lowest BCUT2D eigenvalue weighted by Gasteiger charge is -2.15. The van der Waals surface area contributed by atoms with Gasteiger partial charge in [0.15, 0.2) is 0 Å². The van der Waals surface area contributed by atoms with Gasteiger partial charge in [0.25, 0.3) is 0 Å². The molecule has 2 nitrogen and oxygen atoms in total. The Morgan fingerprint density at radius 1 is 1.18 bits per heavy atom. The van der Waals surface area contributed by atoms with E-state index in [2.05, 4.69) is 43.4 Å². The molecule has 0 aliphatic rings. The highest BCUT2D eigenvalue weighted by Gasteiger charge is 2.01. The van der Waals surface area contributed by atoms with E-state index in [9.17, 15) is 0 Å². The number of rotatable bonds is 8. The maximum atomic E-state index is 8.84. The molecule has 0 saturated carbocycles. The van der Waals surface area contributed by atoms with Crippen LogP contribution in [0.4, 0.5) is 5.69 Å². The number of anilines is 1. The molecule has 17 heavy (non-hydrogen) atoms. The maximum absolute atomic E-state index is 8.84. The highest BCUT2D eigenvalue weighted by atomic mass is 16.2. The Hall–Kier alpha value is -1.02. The van der Waals surface area contributed by atoms with Gasteiger partial charge in [0.1, 0.15) is 0 Å². The van der Waals surface area contributed by atoms with E-state index < -0.39 is 0 Å². The lowest BCUT2D eigenvalue weighted by molar-refractivity contribution is 0.299. The summed E-state index contributed by atoms with van der Waals surface area (Å²) in [5.41, 5.74) is 2.37. The second-order valence-electron chi connectivity index (χ2n) is 4.71. The van der Waals surface area contributed by atoms with Crippen molar-refractivity contribution < 1.29 is 5.11 Å². The third-order valence-corrected chi connectivity index (χ3v) is 3.01. The van der Waals surface area contributed by atoms with E-state index in [-0.39, 0.29) is 6.61 Å². The zero-order chi connectivity index (χ0) is 12.5. The Morgan fingerprint density at radius 2 is 1.88 bits per heavy atom. The number of aliphatic hydroxyl groups excluding tert-OH is 1. The van der Waals surface area contributed by atoms with E-state index in [1.807, 2.05) is 0 Å². The van der Waals surface area contributed by atoms with Gasteiger partial charge in [-0.3, -0.25) is 0 Å². The largest absolute Gasteiger partial charge is 0.396 e. The molecule has 2 heteroatoms. The minimum Gasteiger partial charge on any atom is -0.396 e. The number of benzene rings is 1. The van der Waals surface area contributed by atoms with Crippen molar-refractivity contribution in [3.8, 4) is 0 Å². The summed E-state index contributed by atoms with van der Waals surface area (Å²) in [6, 6.07) is 8.89. The first kappa shape index (κ1) is 14.0. The van der Waals surface area contributed by atoms with Crippen molar-refractivity contribution in [2.24, 2.45) is 0 Å². The van der Waals surface area contributed by atoms with Crippen LogP contribution in [-0.4, -0.2) is 17.8 Å². The Labute approximate surface area is 105 Å². The molecule has 0 spiro atoms. The predicted molar refractivity (Wildman–Crippen MR) is 74.5 cm³/mol. The van der Waals surface area contributed by atoms with Crippen LogP contribution in [0.1, 0.15) is 45.1 Å². The van der Waals surface area contributed by atoms with Gasteiger partial charge in [-0.05, 0) is 37.5 Å². The number of nitrogens with one attached hydrogen (secondary N) is 1. The minimum absolute atomic E-state index is 0.222. The fourth-order valence-corrected chi connectivity index (χ4v) is 1.95. The molecule has 0 fully saturated rings. The van der Waals surface area contributed by atoms with Crippen LogP contribution >= 0.6 is 0 Å². The van der Waals surface area contributed by atoms with Crippen LogP contribution in [0.2, 0.25) is 0 Å². The number of aliphatic hydroxyl groups is 1. The van der Waals surface area contributed by atoms with Crippen LogP contribution in [0.3, 0.4) is 0 Å². The normalized spacial score (nSPS) is 12.4. The summed E-state index contributed by atoms with van der Waals surface area (Å²) < 4.78 is 0. The second kappa shape index (κ2) is 8.13.